The Kier molecular flexibility index (Phi) is 5.23. The van der Waals surface area contributed by atoms with Gasteiger partial charge in [0.2, 0.25) is 0 Å². The maximum atomic E-state index is 11.5. The molecule has 1 aromatic heterocycles. The molecule has 1 atom stereocenters. The first kappa shape index (κ1) is 14.1. The summed E-state index contributed by atoms with van der Waals surface area (Å²) in [7, 11) is 0. The lowest BCUT2D eigenvalue weighted by atomic mass is 10.2. The van der Waals surface area contributed by atoms with Crippen molar-refractivity contribution in [2.75, 3.05) is 0 Å². The molecule has 3 N–H and O–H groups in total. The summed E-state index contributed by atoms with van der Waals surface area (Å²) in [6, 6.07) is 2.20. The lowest BCUT2D eigenvalue weighted by molar-refractivity contribution is -0.139. The van der Waals surface area contributed by atoms with Crippen LogP contribution in [0.2, 0.25) is 0 Å². The van der Waals surface area contributed by atoms with E-state index >= 15 is 0 Å². The summed E-state index contributed by atoms with van der Waals surface area (Å²) in [6.45, 7) is 3.91. The van der Waals surface area contributed by atoms with Crippen molar-refractivity contribution in [3.05, 3.63) is 23.7 Å². The van der Waals surface area contributed by atoms with E-state index in [0.717, 1.165) is 5.76 Å². The van der Waals surface area contributed by atoms with Crippen LogP contribution >= 0.6 is 0 Å². The van der Waals surface area contributed by atoms with Crippen molar-refractivity contribution in [2.45, 2.75) is 39.3 Å². The quantitative estimate of drug-likeness (QED) is 0.719. The number of hydrogen-bond acceptors (Lipinski definition) is 3. The molecule has 1 rings (SSSR count). The molecule has 1 heterocycles. The first-order valence-electron chi connectivity index (χ1n) is 5.85. The Hall–Kier alpha value is -1.98. The number of urea groups is 1. The summed E-state index contributed by atoms with van der Waals surface area (Å²) in [6.07, 6.45) is 1.09. The summed E-state index contributed by atoms with van der Waals surface area (Å²) < 4.78 is 5.28. The van der Waals surface area contributed by atoms with Crippen molar-refractivity contribution >= 4 is 12.0 Å². The number of carbonyl (C=O) groups excluding carboxylic acids is 1. The third-order valence-electron chi connectivity index (χ3n) is 2.40. The van der Waals surface area contributed by atoms with Gasteiger partial charge in [-0.15, -0.1) is 0 Å². The Balaban J connectivity index is 2.38. The van der Waals surface area contributed by atoms with E-state index in [1.807, 2.05) is 13.8 Å². The molecular weight excluding hydrogens is 236 g/mol. The molecule has 18 heavy (non-hydrogen) atoms. The highest BCUT2D eigenvalue weighted by molar-refractivity contribution is 5.82. The van der Waals surface area contributed by atoms with Gasteiger partial charge in [-0.05, 0) is 25.5 Å². The molecule has 6 nitrogen and oxygen atoms in total. The number of hydrogen-bond donors (Lipinski definition) is 3. The van der Waals surface area contributed by atoms with Crippen LogP contribution in [-0.2, 0) is 11.3 Å². The molecule has 0 fully saturated rings. The minimum absolute atomic E-state index is 0.234. The Morgan fingerprint density at radius 1 is 1.44 bits per heavy atom. The molecule has 0 aromatic carbocycles. The van der Waals surface area contributed by atoms with Crippen molar-refractivity contribution in [2.24, 2.45) is 0 Å². The van der Waals surface area contributed by atoms with E-state index < -0.39 is 18.0 Å². The molecule has 6 heteroatoms. The maximum Gasteiger partial charge on any atom is 0.326 e. The fraction of sp³-hybridized carbons (Fsp3) is 0.500. The van der Waals surface area contributed by atoms with Gasteiger partial charge in [0.05, 0.1) is 6.54 Å². The van der Waals surface area contributed by atoms with Gasteiger partial charge in [0, 0.05) is 0 Å². The number of aliphatic carboxylic acids is 1. The van der Waals surface area contributed by atoms with Gasteiger partial charge in [-0.25, -0.2) is 9.59 Å². The van der Waals surface area contributed by atoms with Gasteiger partial charge in [0.15, 0.2) is 0 Å². The molecule has 0 radical (unpaired) electrons. The number of furan rings is 1. The van der Waals surface area contributed by atoms with Crippen molar-refractivity contribution in [3.63, 3.8) is 0 Å². The second-order valence-electron chi connectivity index (χ2n) is 4.02. The van der Waals surface area contributed by atoms with Crippen LogP contribution in [0.1, 0.15) is 31.3 Å². The number of carboxylic acid groups (broad SMARTS) is 1. The first-order valence-corrected chi connectivity index (χ1v) is 5.85. The smallest absolute Gasteiger partial charge is 0.326 e. The van der Waals surface area contributed by atoms with E-state index in [9.17, 15) is 9.59 Å². The van der Waals surface area contributed by atoms with Crippen LogP contribution in [0.4, 0.5) is 4.79 Å². The zero-order chi connectivity index (χ0) is 13.5. The molecule has 0 saturated heterocycles. The number of rotatable bonds is 6. The van der Waals surface area contributed by atoms with Crippen molar-refractivity contribution < 1.29 is 19.1 Å². The highest BCUT2D eigenvalue weighted by Crippen LogP contribution is 2.05. The van der Waals surface area contributed by atoms with Crippen LogP contribution in [0.5, 0.6) is 0 Å². The summed E-state index contributed by atoms with van der Waals surface area (Å²) >= 11 is 0. The van der Waals surface area contributed by atoms with E-state index in [1.54, 1.807) is 12.1 Å². The topological polar surface area (TPSA) is 91.6 Å². The molecule has 1 aromatic rings. The summed E-state index contributed by atoms with van der Waals surface area (Å²) in [5.74, 6) is 0.368. The van der Waals surface area contributed by atoms with Crippen LogP contribution in [0.3, 0.4) is 0 Å². The number of nitrogens with one attached hydrogen (secondary N) is 2. The Morgan fingerprint density at radius 3 is 2.67 bits per heavy atom. The van der Waals surface area contributed by atoms with Crippen molar-refractivity contribution in [3.8, 4) is 0 Å². The second-order valence-corrected chi connectivity index (χ2v) is 4.02. The number of carboxylic acids is 1. The maximum absolute atomic E-state index is 11.5. The minimum Gasteiger partial charge on any atom is -0.480 e. The predicted octanol–water partition coefficient (Wildman–Crippen LogP) is 1.64. The Morgan fingerprint density at radius 2 is 2.17 bits per heavy atom. The SMILES string of the molecule is CCC[C@H](NC(=O)NCc1ccc(C)o1)C(=O)O. The molecule has 2 amide bonds. The molecular formula is C12H18N2O4. The standard InChI is InChI=1S/C12H18N2O4/c1-3-4-10(11(15)16)14-12(17)13-7-9-6-5-8(2)18-9/h5-6,10H,3-4,7H2,1-2H3,(H,15,16)(H2,13,14,17)/t10-/m0/s1. The van der Waals surface area contributed by atoms with Gasteiger partial charge < -0.3 is 20.2 Å². The first-order chi connectivity index (χ1) is 8.52. The number of amides is 2. The van der Waals surface area contributed by atoms with Crippen LogP contribution in [0, 0.1) is 6.92 Å². The summed E-state index contributed by atoms with van der Waals surface area (Å²) in [5.41, 5.74) is 0. The van der Waals surface area contributed by atoms with E-state index in [-0.39, 0.29) is 6.54 Å². The van der Waals surface area contributed by atoms with Crippen molar-refractivity contribution in [1.82, 2.24) is 10.6 Å². The molecule has 0 saturated carbocycles. The summed E-state index contributed by atoms with van der Waals surface area (Å²) in [4.78, 5) is 22.3. The highest BCUT2D eigenvalue weighted by atomic mass is 16.4. The largest absolute Gasteiger partial charge is 0.480 e. The minimum atomic E-state index is -1.03. The molecule has 0 aliphatic rings. The fourth-order valence-corrected chi connectivity index (χ4v) is 1.50. The third-order valence-corrected chi connectivity index (χ3v) is 2.40. The van der Waals surface area contributed by atoms with Gasteiger partial charge in [0.1, 0.15) is 17.6 Å². The van der Waals surface area contributed by atoms with Crippen molar-refractivity contribution in [1.29, 1.82) is 0 Å². The predicted molar refractivity (Wildman–Crippen MR) is 65.1 cm³/mol. The van der Waals surface area contributed by atoms with Gasteiger partial charge in [0.25, 0.3) is 0 Å². The third kappa shape index (κ3) is 4.48. The van der Waals surface area contributed by atoms with Crippen LogP contribution in [-0.4, -0.2) is 23.1 Å². The normalized spacial score (nSPS) is 11.9. The molecule has 0 spiro atoms. The average Bonchev–Trinajstić information content (AvgIpc) is 2.72. The molecule has 0 aliphatic carbocycles. The average molecular weight is 254 g/mol. The van der Waals surface area contributed by atoms with Gasteiger partial charge in [-0.1, -0.05) is 13.3 Å². The van der Waals surface area contributed by atoms with Crippen LogP contribution in [0.25, 0.3) is 0 Å². The Labute approximate surface area is 105 Å². The van der Waals surface area contributed by atoms with E-state index in [2.05, 4.69) is 10.6 Å². The number of aryl methyl sites for hydroxylation is 1. The zero-order valence-corrected chi connectivity index (χ0v) is 10.5. The van der Waals surface area contributed by atoms with E-state index in [4.69, 9.17) is 9.52 Å². The fourth-order valence-electron chi connectivity index (χ4n) is 1.50. The molecule has 0 aliphatic heterocycles. The number of carbonyl (C=O) groups is 2. The van der Waals surface area contributed by atoms with E-state index in [1.165, 1.54) is 0 Å². The molecule has 100 valence electrons. The van der Waals surface area contributed by atoms with Gasteiger partial charge >= 0.3 is 12.0 Å². The lowest BCUT2D eigenvalue weighted by Crippen LogP contribution is -2.45. The second kappa shape index (κ2) is 6.68. The monoisotopic (exact) mass is 254 g/mol. The van der Waals surface area contributed by atoms with Crippen LogP contribution < -0.4 is 10.6 Å². The van der Waals surface area contributed by atoms with Gasteiger partial charge in [-0.3, -0.25) is 0 Å². The van der Waals surface area contributed by atoms with E-state index in [0.29, 0.717) is 18.6 Å². The Bertz CT molecular complexity index is 414. The highest BCUT2D eigenvalue weighted by Gasteiger charge is 2.18. The lowest BCUT2D eigenvalue weighted by Gasteiger charge is -2.13. The molecule has 0 unspecified atom stereocenters. The molecule has 0 bridgehead atoms. The van der Waals surface area contributed by atoms with Gasteiger partial charge in [-0.2, -0.15) is 0 Å². The zero-order valence-electron chi connectivity index (χ0n) is 10.5. The summed E-state index contributed by atoms with van der Waals surface area (Å²) in [5, 5.41) is 13.8. The van der Waals surface area contributed by atoms with Crippen LogP contribution in [0.15, 0.2) is 16.5 Å².